The van der Waals surface area contributed by atoms with Gasteiger partial charge in [0, 0.05) is 12.6 Å². The Kier molecular flexibility index (Phi) is 4.84. The number of anilines is 1. The number of likely N-dealkylation sites (N-methyl/N-ethyl adjacent to an activating group) is 1. The lowest BCUT2D eigenvalue weighted by molar-refractivity contribution is -0.118. The summed E-state index contributed by atoms with van der Waals surface area (Å²) in [6.45, 7) is 3.05. The van der Waals surface area contributed by atoms with Crippen LogP contribution in [0.25, 0.3) is 0 Å². The quantitative estimate of drug-likeness (QED) is 0.809. The highest BCUT2D eigenvalue weighted by molar-refractivity contribution is 5.88. The first-order valence-corrected chi connectivity index (χ1v) is 5.57. The summed E-state index contributed by atoms with van der Waals surface area (Å²) in [5.41, 5.74) is 1.83. The van der Waals surface area contributed by atoms with Gasteiger partial charge in [0.05, 0.1) is 6.04 Å². The Hall–Kier alpha value is -1.68. The first-order chi connectivity index (χ1) is 8.02. The van der Waals surface area contributed by atoms with Crippen molar-refractivity contribution in [2.24, 2.45) is 0 Å². The third-order valence-electron chi connectivity index (χ3n) is 2.55. The van der Waals surface area contributed by atoms with Gasteiger partial charge in [-0.15, -0.1) is 0 Å². The van der Waals surface area contributed by atoms with E-state index in [2.05, 4.69) is 10.6 Å². The first kappa shape index (κ1) is 13.4. The van der Waals surface area contributed by atoms with Crippen LogP contribution >= 0.6 is 0 Å². The van der Waals surface area contributed by atoms with Crippen LogP contribution in [0.1, 0.15) is 19.4 Å². The number of Topliss-reactive ketones (excluding diaryl/α,β-unsaturated/α-hetero) is 1. The number of benzene rings is 1. The average molecular weight is 234 g/mol. The molecule has 17 heavy (non-hydrogen) atoms. The van der Waals surface area contributed by atoms with E-state index in [1.54, 1.807) is 14.0 Å². The largest absolute Gasteiger partial charge is 0.326 e. The number of ketones is 1. The lowest BCUT2D eigenvalue weighted by Gasteiger charge is -2.12. The van der Waals surface area contributed by atoms with E-state index in [0.29, 0.717) is 6.42 Å². The summed E-state index contributed by atoms with van der Waals surface area (Å²) in [5, 5.41) is 5.68. The fraction of sp³-hybridized carbons (Fsp3) is 0.385. The van der Waals surface area contributed by atoms with Crippen LogP contribution in [0, 0.1) is 0 Å². The number of nitrogens with one attached hydrogen (secondary N) is 2. The predicted octanol–water partition coefficient (Wildman–Crippen LogP) is 1.36. The van der Waals surface area contributed by atoms with Gasteiger partial charge in [0.25, 0.3) is 0 Å². The van der Waals surface area contributed by atoms with Crippen molar-refractivity contribution in [3.63, 3.8) is 0 Å². The molecule has 0 radical (unpaired) electrons. The van der Waals surface area contributed by atoms with Crippen molar-refractivity contribution >= 4 is 17.4 Å². The van der Waals surface area contributed by atoms with Gasteiger partial charge >= 0.3 is 0 Å². The van der Waals surface area contributed by atoms with E-state index in [-0.39, 0.29) is 17.7 Å². The van der Waals surface area contributed by atoms with Crippen molar-refractivity contribution in [2.75, 3.05) is 12.4 Å². The highest BCUT2D eigenvalue weighted by Gasteiger charge is 2.11. The fourth-order valence-electron chi connectivity index (χ4n) is 1.61. The van der Waals surface area contributed by atoms with E-state index in [9.17, 15) is 9.59 Å². The van der Waals surface area contributed by atoms with Crippen LogP contribution in [0.3, 0.4) is 0 Å². The SMILES string of the molecule is CNC(Cc1ccc(NC(C)=O)cc1)C(C)=O. The van der Waals surface area contributed by atoms with Crippen molar-refractivity contribution in [1.29, 1.82) is 0 Å². The molecular weight excluding hydrogens is 216 g/mol. The van der Waals surface area contributed by atoms with E-state index in [0.717, 1.165) is 11.3 Å². The van der Waals surface area contributed by atoms with E-state index in [4.69, 9.17) is 0 Å². The second-order valence-corrected chi connectivity index (χ2v) is 4.03. The van der Waals surface area contributed by atoms with Crippen LogP contribution < -0.4 is 10.6 Å². The van der Waals surface area contributed by atoms with Crippen molar-refractivity contribution in [3.05, 3.63) is 29.8 Å². The number of carbonyl (C=O) groups excluding carboxylic acids is 2. The molecule has 4 nitrogen and oxygen atoms in total. The van der Waals surface area contributed by atoms with Crippen molar-refractivity contribution in [3.8, 4) is 0 Å². The zero-order chi connectivity index (χ0) is 12.8. The van der Waals surface area contributed by atoms with Crippen LogP contribution in [0.2, 0.25) is 0 Å². The fourth-order valence-corrected chi connectivity index (χ4v) is 1.61. The molecule has 0 saturated heterocycles. The van der Waals surface area contributed by atoms with Crippen LogP contribution in [-0.2, 0) is 16.0 Å². The molecule has 1 aromatic rings. The predicted molar refractivity (Wildman–Crippen MR) is 68.0 cm³/mol. The maximum atomic E-state index is 11.3. The van der Waals surface area contributed by atoms with Gasteiger partial charge in [-0.2, -0.15) is 0 Å². The smallest absolute Gasteiger partial charge is 0.221 e. The summed E-state index contributed by atoms with van der Waals surface area (Å²) >= 11 is 0. The van der Waals surface area contributed by atoms with E-state index in [1.165, 1.54) is 6.92 Å². The zero-order valence-corrected chi connectivity index (χ0v) is 10.4. The summed E-state index contributed by atoms with van der Waals surface area (Å²) in [7, 11) is 1.78. The summed E-state index contributed by atoms with van der Waals surface area (Å²) in [5.74, 6) is 0.0352. The number of hydrogen-bond donors (Lipinski definition) is 2. The number of amides is 1. The van der Waals surface area contributed by atoms with Crippen molar-refractivity contribution < 1.29 is 9.59 Å². The molecule has 0 heterocycles. The minimum atomic E-state index is -0.151. The normalized spacial score (nSPS) is 11.9. The van der Waals surface area contributed by atoms with Gasteiger partial charge in [-0.25, -0.2) is 0 Å². The lowest BCUT2D eigenvalue weighted by atomic mass is 10.0. The van der Waals surface area contributed by atoms with Gasteiger partial charge in [0.1, 0.15) is 5.78 Å². The minimum absolute atomic E-state index is 0.0883. The van der Waals surface area contributed by atoms with Crippen molar-refractivity contribution in [2.45, 2.75) is 26.3 Å². The molecule has 0 fully saturated rings. The number of rotatable bonds is 5. The molecule has 0 saturated carbocycles. The van der Waals surface area contributed by atoms with Gasteiger partial charge < -0.3 is 10.6 Å². The molecule has 4 heteroatoms. The summed E-state index contributed by atoms with van der Waals surface area (Å²) < 4.78 is 0. The third-order valence-corrected chi connectivity index (χ3v) is 2.55. The summed E-state index contributed by atoms with van der Waals surface area (Å²) in [6, 6.07) is 7.35. The van der Waals surface area contributed by atoms with Gasteiger partial charge in [-0.05, 0) is 38.1 Å². The Balaban J connectivity index is 2.67. The molecule has 0 aliphatic carbocycles. The van der Waals surface area contributed by atoms with E-state index in [1.807, 2.05) is 24.3 Å². The Morgan fingerprint density at radius 3 is 2.18 bits per heavy atom. The van der Waals surface area contributed by atoms with Gasteiger partial charge in [-0.1, -0.05) is 12.1 Å². The van der Waals surface area contributed by atoms with E-state index < -0.39 is 0 Å². The summed E-state index contributed by atoms with van der Waals surface area (Å²) in [6.07, 6.45) is 0.659. The molecular formula is C13H18N2O2. The van der Waals surface area contributed by atoms with Crippen LogP contribution in [0.4, 0.5) is 5.69 Å². The molecule has 1 atom stereocenters. The van der Waals surface area contributed by atoms with Crippen LogP contribution in [0.15, 0.2) is 24.3 Å². The molecule has 92 valence electrons. The second-order valence-electron chi connectivity index (χ2n) is 4.03. The summed E-state index contributed by atoms with van der Waals surface area (Å²) in [4.78, 5) is 22.1. The van der Waals surface area contributed by atoms with E-state index >= 15 is 0 Å². The molecule has 0 aromatic heterocycles. The zero-order valence-electron chi connectivity index (χ0n) is 10.4. The third kappa shape index (κ3) is 4.36. The average Bonchev–Trinajstić information content (AvgIpc) is 2.26. The molecule has 1 rings (SSSR count). The highest BCUT2D eigenvalue weighted by atomic mass is 16.1. The Morgan fingerprint density at radius 2 is 1.76 bits per heavy atom. The molecule has 1 unspecified atom stereocenters. The second kappa shape index (κ2) is 6.15. The topological polar surface area (TPSA) is 58.2 Å². The molecule has 1 aromatic carbocycles. The van der Waals surface area contributed by atoms with Gasteiger partial charge in [0.2, 0.25) is 5.91 Å². The number of carbonyl (C=O) groups is 2. The van der Waals surface area contributed by atoms with Crippen molar-refractivity contribution in [1.82, 2.24) is 5.32 Å². The Morgan fingerprint density at radius 1 is 1.18 bits per heavy atom. The Labute approximate surface area is 101 Å². The standard InChI is InChI=1S/C13H18N2O2/c1-9(16)13(14-3)8-11-4-6-12(7-5-11)15-10(2)17/h4-7,13-14H,8H2,1-3H3,(H,15,17). The molecule has 2 N–H and O–H groups in total. The Bertz CT molecular complexity index is 398. The van der Waals surface area contributed by atoms with Crippen LogP contribution in [0.5, 0.6) is 0 Å². The van der Waals surface area contributed by atoms with Gasteiger partial charge in [-0.3, -0.25) is 9.59 Å². The molecule has 0 aliphatic heterocycles. The molecule has 0 aliphatic rings. The molecule has 0 spiro atoms. The maximum absolute atomic E-state index is 11.3. The maximum Gasteiger partial charge on any atom is 0.221 e. The monoisotopic (exact) mass is 234 g/mol. The minimum Gasteiger partial charge on any atom is -0.326 e. The van der Waals surface area contributed by atoms with Crippen LogP contribution in [-0.4, -0.2) is 24.8 Å². The highest BCUT2D eigenvalue weighted by Crippen LogP contribution is 2.11. The molecule has 1 amide bonds. The number of hydrogen-bond acceptors (Lipinski definition) is 3. The van der Waals surface area contributed by atoms with Gasteiger partial charge in [0.15, 0.2) is 0 Å². The molecule has 0 bridgehead atoms. The lowest BCUT2D eigenvalue weighted by Crippen LogP contribution is -2.34. The first-order valence-electron chi connectivity index (χ1n) is 5.57.